The van der Waals surface area contributed by atoms with Crippen LogP contribution in [0.1, 0.15) is 37.1 Å². The second-order valence-corrected chi connectivity index (χ2v) is 9.78. The summed E-state index contributed by atoms with van der Waals surface area (Å²) in [4.78, 5) is 27.4. The quantitative estimate of drug-likeness (QED) is 0.368. The number of para-hydroxylation sites is 1. The van der Waals surface area contributed by atoms with E-state index in [-0.39, 0.29) is 29.2 Å². The number of carbonyl (C=O) groups is 1. The fourth-order valence-electron chi connectivity index (χ4n) is 3.88. The molecule has 0 spiro atoms. The lowest BCUT2D eigenvalue weighted by molar-refractivity contribution is -0.147. The van der Waals surface area contributed by atoms with Gasteiger partial charge in [-0.05, 0) is 55.2 Å². The van der Waals surface area contributed by atoms with Gasteiger partial charge in [0.05, 0.1) is 11.2 Å². The van der Waals surface area contributed by atoms with Gasteiger partial charge in [-0.1, -0.05) is 50.0 Å². The predicted octanol–water partition coefficient (Wildman–Crippen LogP) is 4.26. The Hall–Kier alpha value is -3.04. The van der Waals surface area contributed by atoms with Gasteiger partial charge in [0.25, 0.3) is 0 Å². The summed E-state index contributed by atoms with van der Waals surface area (Å²) in [7, 11) is -4.01. The van der Waals surface area contributed by atoms with Crippen molar-refractivity contribution in [2.75, 3.05) is 0 Å². The van der Waals surface area contributed by atoms with E-state index >= 15 is 0 Å². The number of carboxylic acid groups (broad SMARTS) is 1. The van der Waals surface area contributed by atoms with Gasteiger partial charge in [-0.25, -0.2) is 14.2 Å². The lowest BCUT2D eigenvalue weighted by Gasteiger charge is -2.39. The topological polar surface area (TPSA) is 108 Å². The molecule has 3 rings (SSSR count). The second-order valence-electron chi connectivity index (χ2n) is 8.42. The largest absolute Gasteiger partial charge is 0.480 e. The highest BCUT2D eigenvalue weighted by atomic mass is 31.1. The van der Waals surface area contributed by atoms with Crippen molar-refractivity contribution in [2.45, 2.75) is 37.9 Å². The van der Waals surface area contributed by atoms with Gasteiger partial charge in [0.2, 0.25) is 13.2 Å². The average Bonchev–Trinajstić information content (AvgIpc) is 2.75. The number of rotatable bonds is 6. The van der Waals surface area contributed by atoms with Crippen molar-refractivity contribution in [1.82, 2.24) is 4.98 Å². The number of nitrogens with zero attached hydrogens (tertiary/aromatic N) is 1. The minimum atomic E-state index is -4.01. The Labute approximate surface area is 192 Å². The van der Waals surface area contributed by atoms with Gasteiger partial charge in [0.15, 0.2) is 0 Å². The summed E-state index contributed by atoms with van der Waals surface area (Å²) >= 11 is 0. The molecule has 0 aliphatic rings. The van der Waals surface area contributed by atoms with Crippen LogP contribution in [0.5, 0.6) is 0 Å². The average molecular weight is 469 g/mol. The van der Waals surface area contributed by atoms with Crippen molar-refractivity contribution in [1.29, 1.82) is 0 Å². The maximum Gasteiger partial charge on any atom is 0.335 e. The summed E-state index contributed by atoms with van der Waals surface area (Å²) in [6, 6.07) is 14.1. The molecule has 8 heteroatoms. The standard InChI is InChI=1S/C25H25FNO5P/c1-16(2)15-24(30,22-11-9-19-6-4-5-7-21(19)27-22)25(23(28)29,33(31)32)13-12-18-8-10-20(26)17(3)14-18/h4-11,14,16,30,33H,15H2,1-3H3,(H,28,29)(H,31,32). The van der Waals surface area contributed by atoms with Gasteiger partial charge < -0.3 is 15.1 Å². The molecular formula is C25H25FNO5P. The normalized spacial score (nSPS) is 15.8. The van der Waals surface area contributed by atoms with Crippen molar-refractivity contribution >= 4 is 24.9 Å². The third-order valence-corrected chi connectivity index (χ3v) is 6.93. The molecule has 0 aliphatic carbocycles. The van der Waals surface area contributed by atoms with Crippen LogP contribution in [0.15, 0.2) is 54.6 Å². The molecule has 3 N–H and O–H groups in total. The van der Waals surface area contributed by atoms with E-state index in [9.17, 15) is 28.9 Å². The molecule has 0 bridgehead atoms. The second kappa shape index (κ2) is 9.44. The molecule has 0 fully saturated rings. The molecule has 0 saturated heterocycles. The van der Waals surface area contributed by atoms with Crippen LogP contribution in [0.2, 0.25) is 0 Å². The highest BCUT2D eigenvalue weighted by Crippen LogP contribution is 2.51. The van der Waals surface area contributed by atoms with Gasteiger partial charge in [-0.2, -0.15) is 0 Å². The molecule has 3 atom stereocenters. The van der Waals surface area contributed by atoms with Crippen LogP contribution in [0.3, 0.4) is 0 Å². The number of aryl methyl sites for hydroxylation is 1. The zero-order valence-electron chi connectivity index (χ0n) is 18.5. The van der Waals surface area contributed by atoms with Crippen LogP contribution >= 0.6 is 8.03 Å². The molecule has 0 radical (unpaired) electrons. The van der Waals surface area contributed by atoms with Crippen LogP contribution < -0.4 is 0 Å². The molecule has 2 aromatic carbocycles. The first-order valence-electron chi connectivity index (χ1n) is 10.4. The summed E-state index contributed by atoms with van der Waals surface area (Å²) in [6.07, 6.45) is -0.182. The number of halogens is 1. The van der Waals surface area contributed by atoms with Gasteiger partial charge in [-0.15, -0.1) is 0 Å². The number of aliphatic carboxylic acids is 1. The number of pyridine rings is 1. The van der Waals surface area contributed by atoms with Gasteiger partial charge >= 0.3 is 5.97 Å². The summed E-state index contributed by atoms with van der Waals surface area (Å²) < 4.78 is 26.4. The molecule has 3 aromatic rings. The van der Waals surface area contributed by atoms with Crippen molar-refractivity contribution in [3.63, 3.8) is 0 Å². The smallest absolute Gasteiger partial charge is 0.335 e. The zero-order valence-corrected chi connectivity index (χ0v) is 19.5. The first-order valence-corrected chi connectivity index (χ1v) is 11.7. The number of aliphatic hydroxyl groups is 1. The van der Waals surface area contributed by atoms with E-state index in [0.29, 0.717) is 5.52 Å². The Morgan fingerprint density at radius 1 is 1.18 bits per heavy atom. The van der Waals surface area contributed by atoms with Crippen LogP contribution in [0.4, 0.5) is 4.39 Å². The number of fused-ring (bicyclic) bond motifs is 1. The molecule has 172 valence electrons. The maximum absolute atomic E-state index is 13.6. The molecule has 6 nitrogen and oxygen atoms in total. The molecule has 0 aliphatic heterocycles. The lowest BCUT2D eigenvalue weighted by atomic mass is 9.77. The molecule has 33 heavy (non-hydrogen) atoms. The number of hydrogen-bond acceptors (Lipinski definition) is 4. The highest BCUT2D eigenvalue weighted by molar-refractivity contribution is 7.42. The van der Waals surface area contributed by atoms with E-state index in [0.717, 1.165) is 5.39 Å². The van der Waals surface area contributed by atoms with Crippen molar-refractivity contribution in [2.24, 2.45) is 5.92 Å². The summed E-state index contributed by atoms with van der Waals surface area (Å²) in [5.74, 6) is 2.53. The first kappa shape index (κ1) is 24.6. The van der Waals surface area contributed by atoms with Gasteiger partial charge in [-0.3, -0.25) is 4.57 Å². The Morgan fingerprint density at radius 2 is 1.88 bits per heavy atom. The third kappa shape index (κ3) is 4.56. The van der Waals surface area contributed by atoms with Gasteiger partial charge in [0.1, 0.15) is 11.4 Å². The summed E-state index contributed by atoms with van der Waals surface area (Å²) in [6.45, 7) is 5.03. The highest BCUT2D eigenvalue weighted by Gasteiger charge is 2.61. The van der Waals surface area contributed by atoms with E-state index in [2.05, 4.69) is 16.8 Å². The maximum atomic E-state index is 13.6. The monoisotopic (exact) mass is 469 g/mol. The van der Waals surface area contributed by atoms with Crippen LogP contribution in [0.25, 0.3) is 10.9 Å². The minimum absolute atomic E-state index is 0.0608. The first-order chi connectivity index (χ1) is 15.5. The lowest BCUT2D eigenvalue weighted by Crippen LogP contribution is -2.55. The van der Waals surface area contributed by atoms with E-state index in [1.165, 1.54) is 31.2 Å². The van der Waals surface area contributed by atoms with Crippen LogP contribution in [-0.2, 0) is 15.0 Å². The van der Waals surface area contributed by atoms with Gasteiger partial charge in [0, 0.05) is 10.9 Å². The van der Waals surface area contributed by atoms with E-state index in [4.69, 9.17) is 0 Å². The van der Waals surface area contributed by atoms with Crippen LogP contribution in [-0.4, -0.2) is 31.2 Å². The summed E-state index contributed by atoms with van der Waals surface area (Å²) in [5, 5.41) is 20.1. The molecular weight excluding hydrogens is 444 g/mol. The molecule has 1 aromatic heterocycles. The molecule has 0 amide bonds. The number of aromatic nitrogens is 1. The third-order valence-electron chi connectivity index (χ3n) is 5.54. The summed E-state index contributed by atoms with van der Waals surface area (Å²) in [5.41, 5.74) is -1.41. The SMILES string of the molecule is Cc1cc(C#CC(C(=O)O)([PH](=O)O)C(O)(CC(C)C)c2ccc3ccccc3n2)ccc1F. The molecule has 0 saturated carbocycles. The van der Waals surface area contributed by atoms with Crippen molar-refractivity contribution < 1.29 is 28.9 Å². The Balaban J connectivity index is 2.31. The van der Waals surface area contributed by atoms with Crippen molar-refractivity contribution in [3.05, 3.63) is 77.2 Å². The number of carboxylic acids is 1. The van der Waals surface area contributed by atoms with Crippen molar-refractivity contribution in [3.8, 4) is 11.8 Å². The fourth-order valence-corrected chi connectivity index (χ4v) is 4.82. The number of hydrogen-bond donors (Lipinski definition) is 3. The van der Waals surface area contributed by atoms with E-state index in [1.54, 1.807) is 32.0 Å². The van der Waals surface area contributed by atoms with E-state index in [1.807, 2.05) is 12.1 Å². The Bertz CT molecular complexity index is 1280. The zero-order chi connectivity index (χ0) is 24.4. The minimum Gasteiger partial charge on any atom is -0.480 e. The van der Waals surface area contributed by atoms with E-state index < -0.39 is 30.6 Å². The van der Waals surface area contributed by atoms with Crippen LogP contribution in [0, 0.1) is 30.5 Å². The Morgan fingerprint density at radius 3 is 2.48 bits per heavy atom. The number of benzene rings is 2. The Kier molecular flexibility index (Phi) is 7.04. The molecule has 1 heterocycles. The fraction of sp³-hybridized carbons (Fsp3) is 0.280. The molecule has 3 unspecified atom stereocenters. The predicted molar refractivity (Wildman–Crippen MR) is 125 cm³/mol.